The Balaban J connectivity index is 3.06. The summed E-state index contributed by atoms with van der Waals surface area (Å²) in [5.41, 5.74) is -0.154. The van der Waals surface area contributed by atoms with Crippen molar-refractivity contribution in [3.05, 3.63) is 33.8 Å². The lowest BCUT2D eigenvalue weighted by molar-refractivity contribution is 0.0510. The van der Waals surface area contributed by atoms with Gasteiger partial charge in [-0.05, 0) is 12.1 Å². The van der Waals surface area contributed by atoms with Crippen LogP contribution >= 0.6 is 23.2 Å². The van der Waals surface area contributed by atoms with Gasteiger partial charge >= 0.3 is 12.1 Å². The highest BCUT2D eigenvalue weighted by Gasteiger charge is 2.18. The predicted molar refractivity (Wildman–Crippen MR) is 49.9 cm³/mol. The van der Waals surface area contributed by atoms with Crippen molar-refractivity contribution in [2.45, 2.75) is 0 Å². The summed E-state index contributed by atoms with van der Waals surface area (Å²) in [5.74, 6) is -1.09. The first-order chi connectivity index (χ1) is 6.52. The first-order valence-corrected chi connectivity index (χ1v) is 4.17. The van der Waals surface area contributed by atoms with Crippen molar-refractivity contribution in [1.82, 2.24) is 0 Å². The molecule has 0 fully saturated rings. The average Bonchev–Trinajstić information content (AvgIpc) is 2.01. The summed E-state index contributed by atoms with van der Waals surface area (Å²) in [4.78, 5) is 21.2. The van der Waals surface area contributed by atoms with Gasteiger partial charge in [0, 0.05) is 0 Å². The van der Waals surface area contributed by atoms with Crippen molar-refractivity contribution in [3.63, 3.8) is 0 Å². The summed E-state index contributed by atoms with van der Waals surface area (Å²) in [6.45, 7) is 0. The van der Waals surface area contributed by atoms with Crippen LogP contribution in [0.5, 0.6) is 0 Å². The third-order valence-corrected chi connectivity index (χ3v) is 1.98. The monoisotopic (exact) mass is 234 g/mol. The molecule has 0 aromatic heterocycles. The topological polar surface area (TPSA) is 63.6 Å². The van der Waals surface area contributed by atoms with Gasteiger partial charge in [-0.1, -0.05) is 29.3 Å². The molecule has 6 heteroatoms. The van der Waals surface area contributed by atoms with Crippen LogP contribution in [0.2, 0.25) is 10.0 Å². The second kappa shape index (κ2) is 4.30. The van der Waals surface area contributed by atoms with E-state index in [0.717, 1.165) is 0 Å². The first kappa shape index (κ1) is 10.8. The molecule has 1 aromatic rings. The molecule has 0 atom stereocenters. The highest BCUT2D eigenvalue weighted by Crippen LogP contribution is 2.24. The van der Waals surface area contributed by atoms with E-state index in [2.05, 4.69) is 4.74 Å². The van der Waals surface area contributed by atoms with E-state index in [1.807, 2.05) is 0 Å². The zero-order valence-corrected chi connectivity index (χ0v) is 8.17. The highest BCUT2D eigenvalue weighted by atomic mass is 35.5. The molecule has 0 amide bonds. The molecular formula is C8H4Cl2O4. The number of hydrogen-bond acceptors (Lipinski definition) is 3. The van der Waals surface area contributed by atoms with Crippen molar-refractivity contribution in [1.29, 1.82) is 0 Å². The molecule has 0 saturated carbocycles. The zero-order chi connectivity index (χ0) is 10.7. The average molecular weight is 235 g/mol. The van der Waals surface area contributed by atoms with E-state index in [4.69, 9.17) is 28.3 Å². The Hall–Kier alpha value is -1.26. The largest absolute Gasteiger partial charge is 0.513 e. The van der Waals surface area contributed by atoms with Crippen LogP contribution in [0.3, 0.4) is 0 Å². The molecule has 0 aliphatic rings. The van der Waals surface area contributed by atoms with Gasteiger partial charge in [0.05, 0.1) is 15.6 Å². The Morgan fingerprint density at radius 2 is 1.71 bits per heavy atom. The minimum Gasteiger partial charge on any atom is -0.449 e. The number of carbonyl (C=O) groups is 2. The minimum absolute atomic E-state index is 0.0451. The van der Waals surface area contributed by atoms with Crippen molar-refractivity contribution < 1.29 is 19.4 Å². The molecule has 1 aromatic carbocycles. The van der Waals surface area contributed by atoms with Crippen molar-refractivity contribution in [3.8, 4) is 0 Å². The van der Waals surface area contributed by atoms with Gasteiger partial charge in [0.2, 0.25) is 0 Å². The Labute approximate surface area is 89.0 Å². The third kappa shape index (κ3) is 2.37. The fourth-order valence-electron chi connectivity index (χ4n) is 0.823. The Kier molecular flexibility index (Phi) is 3.33. The lowest BCUT2D eigenvalue weighted by atomic mass is 10.2. The van der Waals surface area contributed by atoms with Gasteiger partial charge in [0.25, 0.3) is 0 Å². The van der Waals surface area contributed by atoms with E-state index in [1.165, 1.54) is 18.2 Å². The van der Waals surface area contributed by atoms with Gasteiger partial charge in [-0.3, -0.25) is 0 Å². The van der Waals surface area contributed by atoms with E-state index in [9.17, 15) is 9.59 Å². The summed E-state index contributed by atoms with van der Waals surface area (Å²) in [5, 5.41) is 8.29. The first-order valence-electron chi connectivity index (χ1n) is 3.41. The Bertz CT molecular complexity index is 369. The molecule has 0 aliphatic heterocycles. The molecule has 0 spiro atoms. The van der Waals surface area contributed by atoms with Crippen LogP contribution < -0.4 is 0 Å². The molecule has 0 bridgehead atoms. The summed E-state index contributed by atoms with van der Waals surface area (Å²) in [6, 6.07) is 4.35. The van der Waals surface area contributed by atoms with E-state index in [0.29, 0.717) is 0 Å². The van der Waals surface area contributed by atoms with Crippen molar-refractivity contribution in [2.75, 3.05) is 0 Å². The molecule has 14 heavy (non-hydrogen) atoms. The number of ether oxygens (including phenoxy) is 1. The molecule has 0 unspecified atom stereocenters. The van der Waals surface area contributed by atoms with E-state index in [1.54, 1.807) is 0 Å². The second-order valence-electron chi connectivity index (χ2n) is 2.25. The highest BCUT2D eigenvalue weighted by molar-refractivity contribution is 6.39. The molecule has 4 nitrogen and oxygen atoms in total. The van der Waals surface area contributed by atoms with Gasteiger partial charge in [0.15, 0.2) is 0 Å². The van der Waals surface area contributed by atoms with Gasteiger partial charge in [0.1, 0.15) is 0 Å². The van der Waals surface area contributed by atoms with Crippen LogP contribution in [0, 0.1) is 0 Å². The minimum atomic E-state index is -1.70. The molecule has 1 rings (SSSR count). The number of benzene rings is 1. The van der Waals surface area contributed by atoms with Crippen molar-refractivity contribution >= 4 is 35.3 Å². The van der Waals surface area contributed by atoms with Crippen LogP contribution in [-0.4, -0.2) is 17.2 Å². The zero-order valence-electron chi connectivity index (χ0n) is 6.66. The Morgan fingerprint density at radius 1 is 1.21 bits per heavy atom. The predicted octanol–water partition coefficient (Wildman–Crippen LogP) is 2.83. The van der Waals surface area contributed by atoms with Crippen LogP contribution in [0.25, 0.3) is 0 Å². The van der Waals surface area contributed by atoms with E-state index >= 15 is 0 Å². The summed E-state index contributed by atoms with van der Waals surface area (Å²) >= 11 is 11.3. The fourth-order valence-corrected chi connectivity index (χ4v) is 1.37. The molecule has 1 N–H and O–H groups in total. The summed E-state index contributed by atoms with van der Waals surface area (Å²) < 4.78 is 3.91. The Morgan fingerprint density at radius 3 is 2.14 bits per heavy atom. The molecule has 74 valence electrons. The third-order valence-electron chi connectivity index (χ3n) is 1.35. The van der Waals surface area contributed by atoms with Crippen LogP contribution in [-0.2, 0) is 4.74 Å². The number of rotatable bonds is 1. The van der Waals surface area contributed by atoms with Gasteiger partial charge in [-0.15, -0.1) is 0 Å². The molecule has 0 heterocycles. The molecule has 0 radical (unpaired) electrons. The SMILES string of the molecule is O=C(O)OC(=O)c1c(Cl)cccc1Cl. The lowest BCUT2D eigenvalue weighted by Gasteiger charge is -2.03. The maximum atomic E-state index is 11.1. The number of hydrogen-bond donors (Lipinski definition) is 1. The summed E-state index contributed by atoms with van der Waals surface area (Å²) in [7, 11) is 0. The number of carbonyl (C=O) groups excluding carboxylic acids is 1. The normalized spacial score (nSPS) is 9.57. The number of carboxylic acid groups (broad SMARTS) is 1. The quantitative estimate of drug-likeness (QED) is 0.600. The second-order valence-corrected chi connectivity index (χ2v) is 3.07. The number of halogens is 2. The van der Waals surface area contributed by atoms with Crippen LogP contribution in [0.4, 0.5) is 4.79 Å². The van der Waals surface area contributed by atoms with Crippen LogP contribution in [0.1, 0.15) is 10.4 Å². The summed E-state index contributed by atoms with van der Waals surface area (Å²) in [6.07, 6.45) is -1.70. The maximum Gasteiger partial charge on any atom is 0.513 e. The van der Waals surface area contributed by atoms with Gasteiger partial charge in [-0.2, -0.15) is 0 Å². The lowest BCUT2D eigenvalue weighted by Crippen LogP contribution is -2.11. The smallest absolute Gasteiger partial charge is 0.449 e. The standard InChI is InChI=1S/C8H4Cl2O4/c9-4-2-1-3-5(10)6(4)7(11)14-8(12)13/h1-3H,(H,12,13). The molecular weight excluding hydrogens is 231 g/mol. The molecule has 0 aliphatic carbocycles. The van der Waals surface area contributed by atoms with Gasteiger partial charge < -0.3 is 9.84 Å². The van der Waals surface area contributed by atoms with Gasteiger partial charge in [-0.25, -0.2) is 9.59 Å². The van der Waals surface area contributed by atoms with E-state index < -0.39 is 12.1 Å². The number of esters is 1. The van der Waals surface area contributed by atoms with Crippen molar-refractivity contribution in [2.24, 2.45) is 0 Å². The molecule has 0 saturated heterocycles. The van der Waals surface area contributed by atoms with Crippen LogP contribution in [0.15, 0.2) is 18.2 Å². The fraction of sp³-hybridized carbons (Fsp3) is 0. The van der Waals surface area contributed by atoms with E-state index in [-0.39, 0.29) is 15.6 Å². The maximum absolute atomic E-state index is 11.1.